The second-order valence-corrected chi connectivity index (χ2v) is 17.6. The molecule has 1 aliphatic carbocycles. The van der Waals surface area contributed by atoms with E-state index in [0.29, 0.717) is 56.9 Å². The molecule has 3 aliphatic rings. The third kappa shape index (κ3) is 13.3. The molecule has 4 N–H and O–H groups in total. The largest absolute Gasteiger partial charge is 0.456 e. The Morgan fingerprint density at radius 3 is 2.18 bits per heavy atom. The van der Waals surface area contributed by atoms with Crippen molar-refractivity contribution in [3.63, 3.8) is 0 Å². The van der Waals surface area contributed by atoms with Crippen molar-refractivity contribution in [1.29, 1.82) is 0 Å². The van der Waals surface area contributed by atoms with E-state index >= 15 is 0 Å². The summed E-state index contributed by atoms with van der Waals surface area (Å²) in [6, 6.07) is -1.20. The fraction of sp³-hybridized carbons (Fsp3) is 0.783. The molecular weight excluding hydrogens is 774 g/mol. The summed E-state index contributed by atoms with van der Waals surface area (Å²) in [7, 11) is 4.43. The Balaban J connectivity index is 2.14. The third-order valence-electron chi connectivity index (χ3n) is 12.8. The molecule has 14 atom stereocenters. The van der Waals surface area contributed by atoms with Gasteiger partial charge in [-0.15, -0.1) is 6.58 Å². The van der Waals surface area contributed by atoms with E-state index in [1.165, 1.54) is 28.1 Å². The van der Waals surface area contributed by atoms with Crippen molar-refractivity contribution in [3.05, 3.63) is 36.0 Å². The lowest BCUT2D eigenvalue weighted by Gasteiger charge is -2.40. The number of esters is 1. The zero-order valence-electron chi connectivity index (χ0n) is 37.5. The van der Waals surface area contributed by atoms with Gasteiger partial charge in [0.05, 0.1) is 30.5 Å². The molecule has 2 fully saturated rings. The van der Waals surface area contributed by atoms with Gasteiger partial charge >= 0.3 is 11.8 Å². The summed E-state index contributed by atoms with van der Waals surface area (Å²) in [5.41, 5.74) is 1.56. The maximum atomic E-state index is 14.4. The summed E-state index contributed by atoms with van der Waals surface area (Å²) in [6.45, 7) is 14.2. The molecule has 1 amide bonds. The van der Waals surface area contributed by atoms with Crippen LogP contribution < -0.4 is 0 Å². The van der Waals surface area contributed by atoms with E-state index in [1.54, 1.807) is 27.0 Å². The Labute approximate surface area is 357 Å². The van der Waals surface area contributed by atoms with Gasteiger partial charge in [-0.25, -0.2) is 4.79 Å². The third-order valence-corrected chi connectivity index (χ3v) is 12.8. The lowest BCUT2D eigenvalue weighted by atomic mass is 9.81. The van der Waals surface area contributed by atoms with Gasteiger partial charge in [-0.05, 0) is 102 Å². The lowest BCUT2D eigenvalue weighted by molar-refractivity contribution is -0.219. The number of ketones is 2. The molecular formula is C46H75NO13. The van der Waals surface area contributed by atoms with Crippen molar-refractivity contribution in [2.24, 2.45) is 29.6 Å². The number of rotatable bonds is 9. The molecule has 0 aromatic carbocycles. The standard InChI is InChI=1S/C46H75NO13/c1-11-15-33-21-27(3)20-28(4)22-39(57-9)41(51)40(58-10)24-30(6)43(52)46(55,59-12-2)45(54)47-19-14-13-16-34(47)44(53)60-42(31(7)36(49)26-37(33)50)29(5)23-32-17-18-35(48)38(25-32)56-8/h11,21,23,28,30-36,38-42,48-49,51,55H,1,12-20,22,24-26H2,2-10H3/b27-21+,29-23+/t28-,30+,31+,32-,33+,34-,35+,36-,38+,39-,40-,41+,42+,46-/m0/s1. The van der Waals surface area contributed by atoms with Gasteiger partial charge in [-0.2, -0.15) is 0 Å². The Kier molecular flexibility index (Phi) is 20.7. The second-order valence-electron chi connectivity index (χ2n) is 17.6. The number of carbonyl (C=O) groups excluding carboxylic acids is 4. The van der Waals surface area contributed by atoms with Crippen LogP contribution in [0.3, 0.4) is 0 Å². The number of aliphatic hydroxyl groups is 4. The van der Waals surface area contributed by atoms with E-state index < -0.39 is 83.9 Å². The molecule has 0 aromatic heterocycles. The monoisotopic (exact) mass is 850 g/mol. The van der Waals surface area contributed by atoms with E-state index in [-0.39, 0.29) is 56.1 Å². The molecule has 0 radical (unpaired) electrons. The Hall–Kier alpha value is -2.82. The number of methoxy groups -OCH3 is 3. The van der Waals surface area contributed by atoms with Crippen LogP contribution in [0.25, 0.3) is 0 Å². The maximum absolute atomic E-state index is 14.4. The van der Waals surface area contributed by atoms with Gasteiger partial charge in [0.2, 0.25) is 5.78 Å². The van der Waals surface area contributed by atoms with E-state index in [4.69, 9.17) is 23.7 Å². The van der Waals surface area contributed by atoms with E-state index in [1.807, 2.05) is 26.0 Å². The number of piperidine rings is 1. The van der Waals surface area contributed by atoms with Gasteiger partial charge < -0.3 is 49.0 Å². The van der Waals surface area contributed by atoms with Crippen molar-refractivity contribution in [2.75, 3.05) is 34.5 Å². The first kappa shape index (κ1) is 51.5. The Morgan fingerprint density at radius 1 is 0.917 bits per heavy atom. The van der Waals surface area contributed by atoms with Crippen LogP contribution in [-0.4, -0.2) is 138 Å². The fourth-order valence-electron chi connectivity index (χ4n) is 9.33. The van der Waals surface area contributed by atoms with Gasteiger partial charge in [-0.1, -0.05) is 44.6 Å². The summed E-state index contributed by atoms with van der Waals surface area (Å²) in [6.07, 6.45) is 3.45. The summed E-state index contributed by atoms with van der Waals surface area (Å²) >= 11 is 0. The molecule has 0 aromatic rings. The molecule has 14 heteroatoms. The van der Waals surface area contributed by atoms with Crippen LogP contribution in [0.5, 0.6) is 0 Å². The highest BCUT2D eigenvalue weighted by atomic mass is 16.6. The maximum Gasteiger partial charge on any atom is 0.329 e. The topological polar surface area (TPSA) is 199 Å². The van der Waals surface area contributed by atoms with Crippen molar-refractivity contribution in [1.82, 2.24) is 4.90 Å². The number of fused-ring (bicyclic) bond motifs is 1. The van der Waals surface area contributed by atoms with Crippen LogP contribution in [-0.2, 0) is 42.9 Å². The zero-order valence-corrected chi connectivity index (χ0v) is 37.5. The minimum absolute atomic E-state index is 0.0147. The molecule has 1 saturated carbocycles. The average molecular weight is 850 g/mol. The van der Waals surface area contributed by atoms with Gasteiger partial charge in [0, 0.05) is 58.7 Å². The number of hydrogen-bond acceptors (Lipinski definition) is 13. The number of cyclic esters (lactones) is 1. The summed E-state index contributed by atoms with van der Waals surface area (Å²) in [5.74, 6) is -8.42. The number of hydrogen-bond donors (Lipinski definition) is 4. The quantitative estimate of drug-likeness (QED) is 0.109. The smallest absolute Gasteiger partial charge is 0.329 e. The molecule has 60 heavy (non-hydrogen) atoms. The number of allylic oxidation sites excluding steroid dienone is 4. The van der Waals surface area contributed by atoms with Crippen LogP contribution in [0.15, 0.2) is 36.0 Å². The van der Waals surface area contributed by atoms with Crippen molar-refractivity contribution in [2.45, 2.75) is 167 Å². The summed E-state index contributed by atoms with van der Waals surface area (Å²) in [5, 5.41) is 45.6. The second kappa shape index (κ2) is 24.1. The number of nitrogens with zero attached hydrogens (tertiary/aromatic N) is 1. The Bertz CT molecular complexity index is 1500. The van der Waals surface area contributed by atoms with Crippen LogP contribution >= 0.6 is 0 Å². The first-order valence-electron chi connectivity index (χ1n) is 21.9. The van der Waals surface area contributed by atoms with Gasteiger partial charge in [0.15, 0.2) is 0 Å². The molecule has 1 saturated heterocycles. The number of ether oxygens (including phenoxy) is 5. The molecule has 2 heterocycles. The first-order chi connectivity index (χ1) is 28.4. The highest BCUT2D eigenvalue weighted by Gasteiger charge is 2.53. The molecule has 0 bridgehead atoms. The van der Waals surface area contributed by atoms with Crippen molar-refractivity contribution < 1.29 is 63.3 Å². The highest BCUT2D eigenvalue weighted by Crippen LogP contribution is 2.34. The first-order valence-corrected chi connectivity index (χ1v) is 21.9. The van der Waals surface area contributed by atoms with Crippen LogP contribution in [0.1, 0.15) is 112 Å². The number of amides is 1. The van der Waals surface area contributed by atoms with Gasteiger partial charge in [-0.3, -0.25) is 14.4 Å². The fourth-order valence-corrected chi connectivity index (χ4v) is 9.33. The number of Topliss-reactive ketones (excluding diaryl/α,β-unsaturated/α-hetero) is 2. The molecule has 3 rings (SSSR count). The molecule has 14 nitrogen and oxygen atoms in total. The Morgan fingerprint density at radius 2 is 1.57 bits per heavy atom. The van der Waals surface area contributed by atoms with Crippen molar-refractivity contribution in [3.8, 4) is 0 Å². The average Bonchev–Trinajstić information content (AvgIpc) is 3.22. The zero-order chi connectivity index (χ0) is 44.9. The number of aliphatic hydroxyl groups excluding tert-OH is 3. The number of carbonyl (C=O) groups is 4. The predicted molar refractivity (Wildman–Crippen MR) is 225 cm³/mol. The van der Waals surface area contributed by atoms with Gasteiger partial charge in [0.25, 0.3) is 5.91 Å². The van der Waals surface area contributed by atoms with Gasteiger partial charge in [0.1, 0.15) is 24.0 Å². The van der Waals surface area contributed by atoms with Crippen LogP contribution in [0.2, 0.25) is 0 Å². The van der Waals surface area contributed by atoms with E-state index in [9.17, 15) is 39.6 Å². The van der Waals surface area contributed by atoms with E-state index in [0.717, 1.165) is 10.5 Å². The SMILES string of the molecule is C=CC[C@@H]1/C=C(\C)C[C@H](C)C[C@H](OC)[C@@H](O)[C@@H](OC)C[C@@H](C)C(=O)[C@](O)(OCC)C(=O)N2CCCC[C@H]2C(=O)O[C@H](/C(C)=C/[C@@H]2CC[C@@H](O)[C@H](OC)C2)[C@H](C)[C@@H](O)CC1=O. The molecule has 0 spiro atoms. The molecule has 342 valence electrons. The molecule has 0 unspecified atom stereocenters. The molecule has 2 aliphatic heterocycles. The summed E-state index contributed by atoms with van der Waals surface area (Å²) in [4.78, 5) is 58.1. The minimum atomic E-state index is -2.95. The lowest BCUT2D eigenvalue weighted by Crippen LogP contribution is -2.62. The van der Waals surface area contributed by atoms with Crippen molar-refractivity contribution >= 4 is 23.4 Å². The van der Waals surface area contributed by atoms with Crippen LogP contribution in [0.4, 0.5) is 0 Å². The minimum Gasteiger partial charge on any atom is -0.456 e. The predicted octanol–water partition coefficient (Wildman–Crippen LogP) is 4.64. The summed E-state index contributed by atoms with van der Waals surface area (Å²) < 4.78 is 28.8. The normalized spacial score (nSPS) is 39.0. The van der Waals surface area contributed by atoms with Crippen LogP contribution in [0, 0.1) is 29.6 Å². The highest BCUT2D eigenvalue weighted by molar-refractivity contribution is 6.09. The van der Waals surface area contributed by atoms with E-state index in [2.05, 4.69) is 6.58 Å².